The van der Waals surface area contributed by atoms with Gasteiger partial charge in [-0.25, -0.2) is 9.97 Å². The number of hydrogen-bond donors (Lipinski definition) is 0. The predicted octanol–water partition coefficient (Wildman–Crippen LogP) is 4.59. The number of benzene rings is 2. The van der Waals surface area contributed by atoms with Crippen molar-refractivity contribution in [1.29, 1.82) is 5.26 Å². The third-order valence-electron chi connectivity index (χ3n) is 5.55. The molecule has 164 valence electrons. The Morgan fingerprint density at radius 3 is 2.25 bits per heavy atom. The van der Waals surface area contributed by atoms with Crippen molar-refractivity contribution in [3.05, 3.63) is 71.8 Å². The van der Waals surface area contributed by atoms with Gasteiger partial charge < -0.3 is 9.64 Å². The van der Waals surface area contributed by atoms with E-state index in [-0.39, 0.29) is 6.23 Å². The molecule has 0 spiro atoms. The second-order valence-corrected chi connectivity index (χ2v) is 8.27. The third-order valence-corrected chi connectivity index (χ3v) is 6.23. The topological polar surface area (TPSA) is 65.3 Å². The predicted molar refractivity (Wildman–Crippen MR) is 129 cm³/mol. The van der Waals surface area contributed by atoms with E-state index in [9.17, 15) is 5.26 Å². The molecule has 32 heavy (non-hydrogen) atoms. The van der Waals surface area contributed by atoms with Crippen LogP contribution in [0.5, 0.6) is 0 Å². The van der Waals surface area contributed by atoms with Crippen molar-refractivity contribution in [2.75, 3.05) is 43.9 Å². The molecule has 1 unspecified atom stereocenters. The van der Waals surface area contributed by atoms with Gasteiger partial charge in [0.25, 0.3) is 0 Å². The fourth-order valence-electron chi connectivity index (χ4n) is 3.98. The highest BCUT2D eigenvalue weighted by Crippen LogP contribution is 2.31. The number of thioether (sulfide) groups is 1. The van der Waals surface area contributed by atoms with E-state index in [0.717, 1.165) is 42.6 Å². The highest BCUT2D eigenvalue weighted by atomic mass is 32.2. The van der Waals surface area contributed by atoms with Crippen LogP contribution in [-0.2, 0) is 4.74 Å². The zero-order valence-corrected chi connectivity index (χ0v) is 19.3. The summed E-state index contributed by atoms with van der Waals surface area (Å²) in [6.45, 7) is 5.87. The Labute approximate surface area is 193 Å². The molecule has 4 rings (SSSR count). The van der Waals surface area contributed by atoms with E-state index in [1.165, 1.54) is 17.3 Å². The first-order valence-electron chi connectivity index (χ1n) is 10.8. The van der Waals surface area contributed by atoms with Gasteiger partial charge in [0, 0.05) is 38.3 Å². The molecular formula is C25H27N5OS. The molecule has 0 bridgehead atoms. The Morgan fingerprint density at radius 2 is 1.66 bits per heavy atom. The second kappa shape index (κ2) is 10.6. The number of piperazine rings is 1. The number of hydrogen-bond acceptors (Lipinski definition) is 7. The molecule has 6 nitrogen and oxygen atoms in total. The summed E-state index contributed by atoms with van der Waals surface area (Å²) < 4.78 is 6.09. The molecular weight excluding hydrogens is 418 g/mol. The zero-order valence-electron chi connectivity index (χ0n) is 18.4. The van der Waals surface area contributed by atoms with Crippen molar-refractivity contribution >= 4 is 17.6 Å². The Bertz CT molecular complexity index is 1060. The van der Waals surface area contributed by atoms with Crippen molar-refractivity contribution < 1.29 is 4.74 Å². The molecule has 0 radical (unpaired) electrons. The number of ether oxygens (including phenoxy) is 1. The zero-order chi connectivity index (χ0) is 22.3. The van der Waals surface area contributed by atoms with Gasteiger partial charge in [0.1, 0.15) is 22.9 Å². The molecule has 3 aromatic rings. The lowest BCUT2D eigenvalue weighted by molar-refractivity contribution is -0.0598. The minimum atomic E-state index is -0.0641. The smallest absolute Gasteiger partial charge is 0.162 e. The summed E-state index contributed by atoms with van der Waals surface area (Å²) in [5.41, 5.74) is 2.67. The van der Waals surface area contributed by atoms with Crippen LogP contribution in [0.2, 0.25) is 0 Å². The Hall–Kier alpha value is -2.92. The van der Waals surface area contributed by atoms with Crippen LogP contribution in [0.25, 0.3) is 11.4 Å². The van der Waals surface area contributed by atoms with Gasteiger partial charge in [-0.15, -0.1) is 11.8 Å². The normalized spacial score (nSPS) is 15.3. The van der Waals surface area contributed by atoms with Crippen LogP contribution in [0.1, 0.15) is 24.3 Å². The minimum Gasteiger partial charge on any atom is -0.359 e. The maximum atomic E-state index is 9.88. The van der Waals surface area contributed by atoms with E-state index in [0.29, 0.717) is 18.0 Å². The number of nitrogens with zero attached hydrogens (tertiary/aromatic N) is 5. The summed E-state index contributed by atoms with van der Waals surface area (Å²) in [5.74, 6) is 1.38. The van der Waals surface area contributed by atoms with Crippen LogP contribution in [0.3, 0.4) is 0 Å². The minimum absolute atomic E-state index is 0.0641. The number of anilines is 1. The molecule has 1 atom stereocenters. The van der Waals surface area contributed by atoms with Gasteiger partial charge >= 0.3 is 0 Å². The van der Waals surface area contributed by atoms with Crippen LogP contribution >= 0.6 is 11.8 Å². The lowest BCUT2D eigenvalue weighted by Crippen LogP contribution is -2.48. The fourth-order valence-corrected chi connectivity index (χ4v) is 4.49. The molecule has 1 aliphatic heterocycles. The Kier molecular flexibility index (Phi) is 7.38. The SMILES string of the molecule is CCOC(c1ccccc1)N1CCN(c2nc(-c3ccccc3)nc(SC)c2C#N)CC1. The maximum absolute atomic E-state index is 9.88. The van der Waals surface area contributed by atoms with Crippen molar-refractivity contribution in [2.24, 2.45) is 0 Å². The molecule has 2 aromatic carbocycles. The first kappa shape index (κ1) is 22.3. The van der Waals surface area contributed by atoms with Crippen molar-refractivity contribution in [2.45, 2.75) is 18.2 Å². The average Bonchev–Trinajstić information content (AvgIpc) is 2.87. The van der Waals surface area contributed by atoms with Crippen LogP contribution in [-0.4, -0.2) is 53.9 Å². The van der Waals surface area contributed by atoms with E-state index in [1.54, 1.807) is 0 Å². The van der Waals surface area contributed by atoms with Gasteiger partial charge in [-0.2, -0.15) is 5.26 Å². The summed E-state index contributed by atoms with van der Waals surface area (Å²) >= 11 is 1.49. The molecule has 1 saturated heterocycles. The van der Waals surface area contributed by atoms with E-state index >= 15 is 0 Å². The fraction of sp³-hybridized carbons (Fsp3) is 0.320. The van der Waals surface area contributed by atoms with E-state index < -0.39 is 0 Å². The van der Waals surface area contributed by atoms with Gasteiger partial charge in [0.15, 0.2) is 11.6 Å². The summed E-state index contributed by atoms with van der Waals surface area (Å²) in [7, 11) is 0. The molecule has 2 heterocycles. The first-order chi connectivity index (χ1) is 15.7. The van der Waals surface area contributed by atoms with Gasteiger partial charge in [0.2, 0.25) is 0 Å². The molecule has 0 saturated carbocycles. The van der Waals surface area contributed by atoms with Crippen LogP contribution in [0.15, 0.2) is 65.7 Å². The largest absolute Gasteiger partial charge is 0.359 e. The van der Waals surface area contributed by atoms with Gasteiger partial charge in [-0.3, -0.25) is 4.90 Å². The highest BCUT2D eigenvalue weighted by molar-refractivity contribution is 7.98. The molecule has 7 heteroatoms. The molecule has 0 aliphatic carbocycles. The van der Waals surface area contributed by atoms with Crippen molar-refractivity contribution in [3.8, 4) is 17.5 Å². The van der Waals surface area contributed by atoms with Gasteiger partial charge in [0.05, 0.1) is 0 Å². The summed E-state index contributed by atoms with van der Waals surface area (Å²) in [4.78, 5) is 14.1. The molecule has 0 amide bonds. The maximum Gasteiger partial charge on any atom is 0.162 e. The first-order valence-corrected chi connectivity index (χ1v) is 12.0. The van der Waals surface area contributed by atoms with E-state index in [2.05, 4.69) is 33.0 Å². The van der Waals surface area contributed by atoms with Crippen molar-refractivity contribution in [3.63, 3.8) is 0 Å². The van der Waals surface area contributed by atoms with Crippen molar-refractivity contribution in [1.82, 2.24) is 14.9 Å². The molecule has 0 N–H and O–H groups in total. The molecule has 1 fully saturated rings. The lowest BCUT2D eigenvalue weighted by atomic mass is 10.1. The summed E-state index contributed by atoms with van der Waals surface area (Å²) in [6, 6.07) is 22.6. The number of aromatic nitrogens is 2. The monoisotopic (exact) mass is 445 g/mol. The summed E-state index contributed by atoms with van der Waals surface area (Å²) in [6.07, 6.45) is 1.89. The van der Waals surface area contributed by atoms with E-state index in [4.69, 9.17) is 9.72 Å². The Balaban J connectivity index is 1.59. The highest BCUT2D eigenvalue weighted by Gasteiger charge is 2.28. The van der Waals surface area contributed by atoms with Gasteiger partial charge in [-0.05, 0) is 18.7 Å². The average molecular weight is 446 g/mol. The van der Waals surface area contributed by atoms with Gasteiger partial charge in [-0.1, -0.05) is 60.7 Å². The number of rotatable bonds is 7. The molecule has 1 aromatic heterocycles. The standard InChI is InChI=1S/C25H27N5OS/c1-3-31-25(20-12-8-5-9-13-20)30-16-14-29(15-17-30)23-21(18-26)24(32-2)28-22(27-23)19-10-6-4-7-11-19/h4-13,25H,3,14-17H2,1-2H3. The third kappa shape index (κ3) is 4.78. The summed E-state index contributed by atoms with van der Waals surface area (Å²) in [5, 5.41) is 10.6. The molecule has 1 aliphatic rings. The van der Waals surface area contributed by atoms with Crippen LogP contribution < -0.4 is 4.90 Å². The van der Waals surface area contributed by atoms with Crippen LogP contribution in [0, 0.1) is 11.3 Å². The Morgan fingerprint density at radius 1 is 1.00 bits per heavy atom. The van der Waals surface area contributed by atoms with Crippen LogP contribution in [0.4, 0.5) is 5.82 Å². The van der Waals surface area contributed by atoms with E-state index in [1.807, 2.05) is 61.7 Å². The lowest BCUT2D eigenvalue weighted by Gasteiger charge is -2.39. The number of nitriles is 1. The second-order valence-electron chi connectivity index (χ2n) is 7.47. The quantitative estimate of drug-likeness (QED) is 0.389.